The molecule has 0 aliphatic rings. The second kappa shape index (κ2) is 10.1. The zero-order chi connectivity index (χ0) is 21.7. The van der Waals surface area contributed by atoms with Gasteiger partial charge in [-0.2, -0.15) is 0 Å². The van der Waals surface area contributed by atoms with Crippen molar-refractivity contribution in [1.29, 1.82) is 0 Å². The standard InChI is InChI=1S/C20H20Cl2N4O3S/c1-12-4-5-16(17(6-12)28-3)29-10-18-24-25-20(26(18)2)30-11-19(27)23-15-8-13(21)7-14(22)9-15/h4-9H,10-11H2,1-3H3,(H,23,27). The summed E-state index contributed by atoms with van der Waals surface area (Å²) in [4.78, 5) is 12.2. The van der Waals surface area contributed by atoms with Gasteiger partial charge < -0.3 is 19.4 Å². The molecule has 0 aliphatic heterocycles. The monoisotopic (exact) mass is 466 g/mol. The lowest BCUT2D eigenvalue weighted by molar-refractivity contribution is -0.113. The number of thioether (sulfide) groups is 1. The number of aryl methyl sites for hydroxylation is 1. The molecule has 10 heteroatoms. The van der Waals surface area contributed by atoms with E-state index in [1.807, 2.05) is 32.2 Å². The maximum Gasteiger partial charge on any atom is 0.234 e. The summed E-state index contributed by atoms with van der Waals surface area (Å²) in [6.07, 6.45) is 0. The second-order valence-corrected chi connectivity index (χ2v) is 8.21. The van der Waals surface area contributed by atoms with Gasteiger partial charge >= 0.3 is 0 Å². The van der Waals surface area contributed by atoms with Crippen LogP contribution in [0.25, 0.3) is 0 Å². The highest BCUT2D eigenvalue weighted by atomic mass is 35.5. The molecule has 158 valence electrons. The normalized spacial score (nSPS) is 10.7. The Morgan fingerprint density at radius 2 is 1.87 bits per heavy atom. The van der Waals surface area contributed by atoms with Crippen LogP contribution in [0.4, 0.5) is 5.69 Å². The molecule has 0 bridgehead atoms. The molecule has 0 saturated carbocycles. The van der Waals surface area contributed by atoms with Crippen LogP contribution in [0.5, 0.6) is 11.5 Å². The highest BCUT2D eigenvalue weighted by Gasteiger charge is 2.13. The lowest BCUT2D eigenvalue weighted by Crippen LogP contribution is -2.14. The lowest BCUT2D eigenvalue weighted by Gasteiger charge is -2.11. The van der Waals surface area contributed by atoms with Crippen LogP contribution in [0.3, 0.4) is 0 Å². The number of ether oxygens (including phenoxy) is 2. The summed E-state index contributed by atoms with van der Waals surface area (Å²) in [6, 6.07) is 10.6. The van der Waals surface area contributed by atoms with Crippen molar-refractivity contribution in [2.75, 3.05) is 18.2 Å². The molecular weight excluding hydrogens is 447 g/mol. The third-order valence-corrected chi connectivity index (χ3v) is 5.54. The fourth-order valence-corrected chi connectivity index (χ4v) is 3.84. The number of hydrogen-bond acceptors (Lipinski definition) is 6. The Kier molecular flexibility index (Phi) is 7.47. The number of methoxy groups -OCH3 is 1. The Labute approximate surface area is 188 Å². The minimum atomic E-state index is -0.205. The first-order valence-corrected chi connectivity index (χ1v) is 10.6. The van der Waals surface area contributed by atoms with Crippen molar-refractivity contribution in [1.82, 2.24) is 14.8 Å². The maximum atomic E-state index is 12.2. The first-order chi connectivity index (χ1) is 14.4. The number of nitrogens with one attached hydrogen (secondary N) is 1. The zero-order valence-corrected chi connectivity index (χ0v) is 18.9. The summed E-state index contributed by atoms with van der Waals surface area (Å²) in [7, 11) is 3.42. The molecule has 0 fully saturated rings. The molecule has 0 saturated heterocycles. The minimum Gasteiger partial charge on any atom is -0.493 e. The van der Waals surface area contributed by atoms with Gasteiger partial charge in [-0.3, -0.25) is 4.79 Å². The quantitative estimate of drug-likeness (QED) is 0.482. The molecule has 3 aromatic rings. The summed E-state index contributed by atoms with van der Waals surface area (Å²) in [6.45, 7) is 2.20. The van der Waals surface area contributed by atoms with Crippen LogP contribution in [-0.2, 0) is 18.4 Å². The van der Waals surface area contributed by atoms with Crippen molar-refractivity contribution >= 4 is 46.6 Å². The van der Waals surface area contributed by atoms with Gasteiger partial charge in [-0.25, -0.2) is 0 Å². The van der Waals surface area contributed by atoms with Crippen molar-refractivity contribution in [3.05, 3.63) is 57.8 Å². The van der Waals surface area contributed by atoms with Gasteiger partial charge in [0.25, 0.3) is 0 Å². The maximum absolute atomic E-state index is 12.2. The van der Waals surface area contributed by atoms with Crippen LogP contribution >= 0.6 is 35.0 Å². The molecule has 0 atom stereocenters. The predicted molar refractivity (Wildman–Crippen MR) is 119 cm³/mol. The number of carbonyl (C=O) groups is 1. The largest absolute Gasteiger partial charge is 0.493 e. The third kappa shape index (κ3) is 5.81. The smallest absolute Gasteiger partial charge is 0.234 e. The van der Waals surface area contributed by atoms with E-state index in [1.165, 1.54) is 11.8 Å². The molecule has 7 nitrogen and oxygen atoms in total. The van der Waals surface area contributed by atoms with E-state index in [4.69, 9.17) is 32.7 Å². The zero-order valence-electron chi connectivity index (χ0n) is 16.6. The van der Waals surface area contributed by atoms with Gasteiger partial charge in [0.15, 0.2) is 22.5 Å². The fourth-order valence-electron chi connectivity index (χ4n) is 2.59. The van der Waals surface area contributed by atoms with Gasteiger partial charge in [-0.05, 0) is 42.8 Å². The van der Waals surface area contributed by atoms with Gasteiger partial charge in [0, 0.05) is 22.8 Å². The highest BCUT2D eigenvalue weighted by molar-refractivity contribution is 7.99. The molecule has 1 heterocycles. The van der Waals surface area contributed by atoms with Crippen molar-refractivity contribution in [3.8, 4) is 11.5 Å². The third-order valence-electron chi connectivity index (χ3n) is 4.08. The number of rotatable bonds is 8. The van der Waals surface area contributed by atoms with E-state index < -0.39 is 0 Å². The number of hydrogen-bond donors (Lipinski definition) is 1. The Balaban J connectivity index is 1.57. The van der Waals surface area contributed by atoms with Crippen molar-refractivity contribution < 1.29 is 14.3 Å². The van der Waals surface area contributed by atoms with Crippen LogP contribution < -0.4 is 14.8 Å². The van der Waals surface area contributed by atoms with Crippen molar-refractivity contribution in [3.63, 3.8) is 0 Å². The van der Waals surface area contributed by atoms with Gasteiger partial charge in [0.2, 0.25) is 5.91 Å². The fraction of sp³-hybridized carbons (Fsp3) is 0.250. The number of amides is 1. The second-order valence-electron chi connectivity index (χ2n) is 6.40. The molecule has 0 unspecified atom stereocenters. The molecule has 0 aliphatic carbocycles. The SMILES string of the molecule is COc1cc(C)ccc1OCc1nnc(SCC(=O)Nc2cc(Cl)cc(Cl)c2)n1C. The Hall–Kier alpha value is -2.42. The summed E-state index contributed by atoms with van der Waals surface area (Å²) in [5.74, 6) is 1.86. The number of anilines is 1. The molecule has 3 rings (SSSR count). The molecular formula is C20H20Cl2N4O3S. The van der Waals surface area contributed by atoms with E-state index in [-0.39, 0.29) is 18.3 Å². The van der Waals surface area contributed by atoms with Gasteiger partial charge in [0.1, 0.15) is 6.61 Å². The minimum absolute atomic E-state index is 0.156. The van der Waals surface area contributed by atoms with E-state index in [0.29, 0.717) is 38.2 Å². The summed E-state index contributed by atoms with van der Waals surface area (Å²) < 4.78 is 13.0. The first-order valence-electron chi connectivity index (χ1n) is 8.90. The molecule has 1 aromatic heterocycles. The Bertz CT molecular complexity index is 1040. The van der Waals surface area contributed by atoms with Crippen LogP contribution in [-0.4, -0.2) is 33.5 Å². The van der Waals surface area contributed by atoms with E-state index >= 15 is 0 Å². The van der Waals surface area contributed by atoms with E-state index in [1.54, 1.807) is 29.9 Å². The van der Waals surface area contributed by atoms with Crippen LogP contribution in [0.2, 0.25) is 10.0 Å². The topological polar surface area (TPSA) is 78.3 Å². The van der Waals surface area contributed by atoms with Crippen molar-refractivity contribution in [2.24, 2.45) is 7.05 Å². The first kappa shape index (κ1) is 22.3. The van der Waals surface area contributed by atoms with Gasteiger partial charge in [0.05, 0.1) is 12.9 Å². The Morgan fingerprint density at radius 1 is 1.13 bits per heavy atom. The molecule has 0 spiro atoms. The van der Waals surface area contributed by atoms with Crippen LogP contribution in [0, 0.1) is 6.92 Å². The summed E-state index contributed by atoms with van der Waals surface area (Å²) >= 11 is 13.2. The average Bonchev–Trinajstić information content (AvgIpc) is 3.04. The molecule has 2 aromatic carbocycles. The molecule has 1 N–H and O–H groups in total. The van der Waals surface area contributed by atoms with E-state index in [9.17, 15) is 4.79 Å². The van der Waals surface area contributed by atoms with Gasteiger partial charge in [-0.1, -0.05) is 41.0 Å². The van der Waals surface area contributed by atoms with Gasteiger partial charge in [-0.15, -0.1) is 10.2 Å². The van der Waals surface area contributed by atoms with Crippen LogP contribution in [0.1, 0.15) is 11.4 Å². The Morgan fingerprint density at radius 3 is 2.57 bits per heavy atom. The van der Waals surface area contributed by atoms with Crippen LogP contribution in [0.15, 0.2) is 41.6 Å². The number of aromatic nitrogens is 3. The molecule has 30 heavy (non-hydrogen) atoms. The average molecular weight is 467 g/mol. The number of nitrogens with zero attached hydrogens (tertiary/aromatic N) is 3. The molecule has 0 radical (unpaired) electrons. The summed E-state index contributed by atoms with van der Waals surface area (Å²) in [5, 5.41) is 12.5. The predicted octanol–water partition coefficient (Wildman–Crippen LogP) is 4.75. The van der Waals surface area contributed by atoms with Crippen molar-refractivity contribution in [2.45, 2.75) is 18.7 Å². The number of carbonyl (C=O) groups excluding carboxylic acids is 1. The number of halogens is 2. The number of benzene rings is 2. The van der Waals surface area contributed by atoms with E-state index in [0.717, 1.165) is 5.56 Å². The lowest BCUT2D eigenvalue weighted by atomic mass is 10.2. The molecule has 1 amide bonds. The van der Waals surface area contributed by atoms with E-state index in [2.05, 4.69) is 15.5 Å². The highest BCUT2D eigenvalue weighted by Crippen LogP contribution is 2.28. The summed E-state index contributed by atoms with van der Waals surface area (Å²) in [5.41, 5.74) is 1.62.